The first kappa shape index (κ1) is 6.55. The molecule has 1 rings (SSSR count). The van der Waals surface area contributed by atoms with Crippen molar-refractivity contribution in [2.24, 2.45) is 10.9 Å². The fraction of sp³-hybridized carbons (Fsp3) is 0.833. The van der Waals surface area contributed by atoms with Gasteiger partial charge in [-0.25, -0.2) is 0 Å². The Kier molecular flexibility index (Phi) is 2.05. The molecule has 3 nitrogen and oxygen atoms in total. The van der Waals surface area contributed by atoms with E-state index in [4.69, 9.17) is 5.84 Å². The van der Waals surface area contributed by atoms with Crippen LogP contribution in [0.3, 0.4) is 0 Å². The molecule has 1 heterocycles. The Hall–Kier alpha value is -0.570. The molecule has 0 spiro atoms. The summed E-state index contributed by atoms with van der Waals surface area (Å²) >= 11 is 0. The molecule has 0 bridgehead atoms. The molecule has 2 N–H and O–H groups in total. The molecular formula is C6H13N3. The van der Waals surface area contributed by atoms with Crippen LogP contribution in [-0.2, 0) is 0 Å². The lowest BCUT2D eigenvalue weighted by Crippen LogP contribution is -2.14. The van der Waals surface area contributed by atoms with Gasteiger partial charge in [0.25, 0.3) is 0 Å². The highest BCUT2D eigenvalue weighted by molar-refractivity contribution is 5.57. The van der Waals surface area contributed by atoms with Gasteiger partial charge in [0.05, 0.1) is 0 Å². The highest BCUT2D eigenvalue weighted by Crippen LogP contribution is 2.11. The van der Waals surface area contributed by atoms with Gasteiger partial charge in [-0.1, -0.05) is 0 Å². The van der Waals surface area contributed by atoms with Gasteiger partial charge in [0.2, 0.25) is 0 Å². The van der Waals surface area contributed by atoms with Crippen LogP contribution in [-0.4, -0.2) is 30.2 Å². The monoisotopic (exact) mass is 127 g/mol. The third-order valence-corrected chi connectivity index (χ3v) is 1.66. The molecule has 1 aliphatic heterocycles. The predicted molar refractivity (Wildman–Crippen MR) is 38.3 cm³/mol. The molecule has 0 aliphatic carbocycles. The number of hydrogen-bond donors (Lipinski definition) is 1. The topological polar surface area (TPSA) is 41.4 Å². The lowest BCUT2D eigenvalue weighted by molar-refractivity contribution is 0.441. The second kappa shape index (κ2) is 2.82. The molecule has 0 aromatic rings. The quantitative estimate of drug-likeness (QED) is 0.251. The van der Waals surface area contributed by atoms with Crippen LogP contribution in [0.1, 0.15) is 13.3 Å². The average Bonchev–Trinajstić information content (AvgIpc) is 2.63. The van der Waals surface area contributed by atoms with Crippen molar-refractivity contribution in [3.8, 4) is 0 Å². The summed E-state index contributed by atoms with van der Waals surface area (Å²) in [5.74, 6) is 4.95. The van der Waals surface area contributed by atoms with Gasteiger partial charge in [-0.3, -0.25) is 4.90 Å². The Labute approximate surface area is 55.5 Å². The Morgan fingerprint density at radius 3 is 2.89 bits per heavy atom. The molecule has 1 unspecified atom stereocenters. The SMILES string of the molecule is CC(C/C=N\N)N1CC1. The third-order valence-electron chi connectivity index (χ3n) is 1.66. The highest BCUT2D eigenvalue weighted by Gasteiger charge is 2.22. The normalized spacial score (nSPS) is 22.8. The lowest BCUT2D eigenvalue weighted by atomic mass is 10.2. The van der Waals surface area contributed by atoms with Crippen molar-refractivity contribution in [1.82, 2.24) is 4.90 Å². The van der Waals surface area contributed by atoms with Gasteiger partial charge in [0.1, 0.15) is 0 Å². The minimum Gasteiger partial charge on any atom is -0.324 e. The molecule has 0 aromatic carbocycles. The Balaban J connectivity index is 2.10. The first-order chi connectivity index (χ1) is 4.34. The van der Waals surface area contributed by atoms with Crippen molar-refractivity contribution in [2.45, 2.75) is 19.4 Å². The Morgan fingerprint density at radius 2 is 2.44 bits per heavy atom. The van der Waals surface area contributed by atoms with Crippen LogP contribution in [0, 0.1) is 0 Å². The maximum absolute atomic E-state index is 4.95. The summed E-state index contributed by atoms with van der Waals surface area (Å²) in [6.07, 6.45) is 2.75. The van der Waals surface area contributed by atoms with E-state index in [2.05, 4.69) is 16.9 Å². The van der Waals surface area contributed by atoms with Crippen molar-refractivity contribution < 1.29 is 0 Å². The van der Waals surface area contributed by atoms with Gasteiger partial charge in [-0.2, -0.15) is 5.10 Å². The van der Waals surface area contributed by atoms with E-state index in [-0.39, 0.29) is 0 Å². The van der Waals surface area contributed by atoms with Crippen molar-refractivity contribution in [3.63, 3.8) is 0 Å². The van der Waals surface area contributed by atoms with Crippen LogP contribution in [0.15, 0.2) is 5.10 Å². The second-order valence-electron chi connectivity index (χ2n) is 2.45. The molecular weight excluding hydrogens is 114 g/mol. The maximum Gasteiger partial charge on any atom is 0.0255 e. The second-order valence-corrected chi connectivity index (χ2v) is 2.45. The van der Waals surface area contributed by atoms with Crippen LogP contribution in [0.4, 0.5) is 0 Å². The molecule has 9 heavy (non-hydrogen) atoms. The summed E-state index contributed by atoms with van der Waals surface area (Å²) < 4.78 is 0. The van der Waals surface area contributed by atoms with Crippen LogP contribution in [0.25, 0.3) is 0 Å². The minimum absolute atomic E-state index is 0.636. The number of hydrogen-bond acceptors (Lipinski definition) is 3. The zero-order valence-electron chi connectivity index (χ0n) is 5.75. The first-order valence-corrected chi connectivity index (χ1v) is 3.30. The Morgan fingerprint density at radius 1 is 1.78 bits per heavy atom. The average molecular weight is 127 g/mol. The molecule has 1 saturated heterocycles. The van der Waals surface area contributed by atoms with E-state index in [9.17, 15) is 0 Å². The van der Waals surface area contributed by atoms with Crippen molar-refractivity contribution in [2.75, 3.05) is 13.1 Å². The number of hydrazone groups is 1. The summed E-state index contributed by atoms with van der Waals surface area (Å²) in [7, 11) is 0. The highest BCUT2D eigenvalue weighted by atomic mass is 15.3. The van der Waals surface area contributed by atoms with Gasteiger partial charge >= 0.3 is 0 Å². The molecule has 0 aromatic heterocycles. The van der Waals surface area contributed by atoms with E-state index in [0.29, 0.717) is 6.04 Å². The molecule has 0 amide bonds. The molecule has 0 radical (unpaired) electrons. The molecule has 0 saturated carbocycles. The van der Waals surface area contributed by atoms with E-state index in [1.807, 2.05) is 0 Å². The smallest absolute Gasteiger partial charge is 0.0255 e. The van der Waals surface area contributed by atoms with Crippen LogP contribution in [0.5, 0.6) is 0 Å². The summed E-state index contributed by atoms with van der Waals surface area (Å²) in [4.78, 5) is 2.38. The van der Waals surface area contributed by atoms with E-state index in [0.717, 1.165) is 6.42 Å². The van der Waals surface area contributed by atoms with E-state index >= 15 is 0 Å². The van der Waals surface area contributed by atoms with E-state index in [1.165, 1.54) is 13.1 Å². The maximum atomic E-state index is 4.95. The largest absolute Gasteiger partial charge is 0.324 e. The van der Waals surface area contributed by atoms with E-state index < -0.39 is 0 Å². The van der Waals surface area contributed by atoms with Crippen molar-refractivity contribution in [1.29, 1.82) is 0 Å². The van der Waals surface area contributed by atoms with Gasteiger partial charge in [-0.05, 0) is 13.3 Å². The first-order valence-electron chi connectivity index (χ1n) is 3.30. The zero-order valence-corrected chi connectivity index (χ0v) is 5.75. The van der Waals surface area contributed by atoms with Crippen molar-refractivity contribution in [3.05, 3.63) is 0 Å². The fourth-order valence-electron chi connectivity index (χ4n) is 0.861. The lowest BCUT2D eigenvalue weighted by Gasteiger charge is -2.06. The predicted octanol–water partition coefficient (Wildman–Crippen LogP) is 0.0251. The molecule has 52 valence electrons. The summed E-state index contributed by atoms with van der Waals surface area (Å²) in [6, 6.07) is 0.636. The Bertz CT molecular complexity index is 107. The number of nitrogens with two attached hydrogens (primary N) is 1. The van der Waals surface area contributed by atoms with Gasteiger partial charge in [0, 0.05) is 25.3 Å². The van der Waals surface area contributed by atoms with Gasteiger partial charge < -0.3 is 5.84 Å². The number of nitrogens with zero attached hydrogens (tertiary/aromatic N) is 2. The van der Waals surface area contributed by atoms with Crippen LogP contribution >= 0.6 is 0 Å². The van der Waals surface area contributed by atoms with E-state index in [1.54, 1.807) is 6.21 Å². The summed E-state index contributed by atoms with van der Waals surface area (Å²) in [5, 5.41) is 3.43. The van der Waals surface area contributed by atoms with Gasteiger partial charge in [-0.15, -0.1) is 0 Å². The summed E-state index contributed by atoms with van der Waals surface area (Å²) in [5.41, 5.74) is 0. The molecule has 3 heteroatoms. The zero-order chi connectivity index (χ0) is 6.69. The standard InChI is InChI=1S/C6H13N3/c1-6(2-3-8-7)9-4-5-9/h3,6H,2,4-5,7H2,1H3/b8-3-. The van der Waals surface area contributed by atoms with Crippen LogP contribution in [0.2, 0.25) is 0 Å². The van der Waals surface area contributed by atoms with Crippen molar-refractivity contribution >= 4 is 6.21 Å². The van der Waals surface area contributed by atoms with Gasteiger partial charge in [0.15, 0.2) is 0 Å². The minimum atomic E-state index is 0.636. The molecule has 1 atom stereocenters. The molecule has 1 fully saturated rings. The van der Waals surface area contributed by atoms with Crippen LogP contribution < -0.4 is 5.84 Å². The third kappa shape index (κ3) is 2.01. The fourth-order valence-corrected chi connectivity index (χ4v) is 0.861. The number of rotatable bonds is 3. The molecule has 1 aliphatic rings. The summed E-state index contributed by atoms with van der Waals surface area (Å²) in [6.45, 7) is 4.69.